The van der Waals surface area contributed by atoms with Gasteiger partial charge >= 0.3 is 0 Å². The Kier molecular flexibility index (Phi) is 8.68. The molecule has 1 saturated heterocycles. The number of carbonyl (C=O) groups is 1. The van der Waals surface area contributed by atoms with E-state index in [0.29, 0.717) is 17.8 Å². The fourth-order valence-corrected chi connectivity index (χ4v) is 3.18. The van der Waals surface area contributed by atoms with E-state index in [1.165, 1.54) is 12.4 Å². The van der Waals surface area contributed by atoms with Crippen molar-refractivity contribution < 1.29 is 9.72 Å². The van der Waals surface area contributed by atoms with Crippen molar-refractivity contribution in [1.82, 2.24) is 19.8 Å². The van der Waals surface area contributed by atoms with Crippen LogP contribution in [0, 0.1) is 10.1 Å². The highest BCUT2D eigenvalue weighted by molar-refractivity contribution is 5.95. The first kappa shape index (κ1) is 22.9. The third-order valence-electron chi connectivity index (χ3n) is 4.40. The van der Waals surface area contributed by atoms with Crippen LogP contribution in [0.3, 0.4) is 0 Å². The predicted molar refractivity (Wildman–Crippen MR) is 107 cm³/mol. The molecular weight excluding hydrogens is 393 g/mol. The van der Waals surface area contributed by atoms with Gasteiger partial charge in [0.25, 0.3) is 11.6 Å². The number of halogens is 2. The Morgan fingerprint density at radius 3 is 2.78 bits per heavy atom. The number of rotatable bonds is 6. The molecule has 27 heavy (non-hydrogen) atoms. The molecule has 0 radical (unpaired) electrons. The standard InChI is InChI=1S/C17H21N5O3.2ClH/c1-2-8-21(14-5-6-18-11-14)17(23)13-3-4-15(16(10-13)22(24)25)20-9-7-19-12-20;;/h3-4,7,9-10,12,14,18H,2,5-6,8,11H2,1H3;2*1H. The van der Waals surface area contributed by atoms with E-state index in [4.69, 9.17) is 0 Å². The number of hydrogen-bond donors (Lipinski definition) is 1. The molecule has 1 aliphatic heterocycles. The first-order chi connectivity index (χ1) is 12.1. The van der Waals surface area contributed by atoms with Crippen LogP contribution in [0.2, 0.25) is 0 Å². The van der Waals surface area contributed by atoms with Gasteiger partial charge in [-0.2, -0.15) is 0 Å². The van der Waals surface area contributed by atoms with E-state index in [2.05, 4.69) is 10.3 Å². The van der Waals surface area contributed by atoms with Crippen molar-refractivity contribution in [1.29, 1.82) is 0 Å². The number of nitrogens with zero attached hydrogens (tertiary/aromatic N) is 4. The first-order valence-electron chi connectivity index (χ1n) is 8.40. The second-order valence-corrected chi connectivity index (χ2v) is 6.08. The van der Waals surface area contributed by atoms with Gasteiger partial charge in [0.2, 0.25) is 0 Å². The molecule has 1 amide bonds. The molecular formula is C17H23Cl2N5O3. The van der Waals surface area contributed by atoms with Gasteiger partial charge in [-0.25, -0.2) is 4.98 Å². The lowest BCUT2D eigenvalue weighted by Crippen LogP contribution is -2.42. The van der Waals surface area contributed by atoms with Gasteiger partial charge in [0, 0.05) is 43.2 Å². The second-order valence-electron chi connectivity index (χ2n) is 6.08. The smallest absolute Gasteiger partial charge is 0.294 e. The number of benzene rings is 1. The SMILES string of the molecule is CCCN(C(=O)c1ccc(-n2ccnc2)c([N+](=O)[O-])c1)C1CCNC1.Cl.Cl. The minimum atomic E-state index is -0.465. The molecule has 1 fully saturated rings. The van der Waals surface area contributed by atoms with Crippen molar-refractivity contribution in [3.8, 4) is 5.69 Å². The summed E-state index contributed by atoms with van der Waals surface area (Å²) in [6.45, 7) is 4.31. The summed E-state index contributed by atoms with van der Waals surface area (Å²) in [6, 6.07) is 4.75. The molecule has 2 aromatic rings. The number of hydrogen-bond acceptors (Lipinski definition) is 5. The maximum absolute atomic E-state index is 13.0. The highest BCUT2D eigenvalue weighted by atomic mass is 35.5. The highest BCUT2D eigenvalue weighted by Gasteiger charge is 2.28. The monoisotopic (exact) mass is 415 g/mol. The van der Waals surface area contributed by atoms with Gasteiger partial charge in [0.15, 0.2) is 0 Å². The van der Waals surface area contributed by atoms with Crippen molar-refractivity contribution in [2.24, 2.45) is 0 Å². The average Bonchev–Trinajstić information content (AvgIpc) is 3.32. The van der Waals surface area contributed by atoms with E-state index in [9.17, 15) is 14.9 Å². The maximum Gasteiger partial charge on any atom is 0.294 e. The molecule has 1 aromatic carbocycles. The van der Waals surface area contributed by atoms with E-state index >= 15 is 0 Å². The van der Waals surface area contributed by atoms with E-state index in [0.717, 1.165) is 25.9 Å². The predicted octanol–water partition coefficient (Wildman–Crippen LogP) is 2.84. The molecule has 8 nitrogen and oxygen atoms in total. The number of nitro benzene ring substituents is 1. The third-order valence-corrected chi connectivity index (χ3v) is 4.40. The van der Waals surface area contributed by atoms with Crippen LogP contribution in [0.5, 0.6) is 0 Å². The number of imidazole rings is 1. The van der Waals surface area contributed by atoms with Gasteiger partial charge in [-0.05, 0) is 31.5 Å². The van der Waals surface area contributed by atoms with Crippen LogP contribution in [0.25, 0.3) is 5.69 Å². The van der Waals surface area contributed by atoms with E-state index in [1.807, 2.05) is 11.8 Å². The average molecular weight is 416 g/mol. The number of aromatic nitrogens is 2. The molecule has 1 aliphatic rings. The van der Waals surface area contributed by atoms with E-state index in [1.54, 1.807) is 29.1 Å². The van der Waals surface area contributed by atoms with E-state index < -0.39 is 4.92 Å². The Morgan fingerprint density at radius 2 is 2.22 bits per heavy atom. The molecule has 1 N–H and O–H groups in total. The van der Waals surface area contributed by atoms with Crippen molar-refractivity contribution in [3.05, 3.63) is 52.6 Å². The zero-order valence-electron chi connectivity index (χ0n) is 14.9. The van der Waals surface area contributed by atoms with Gasteiger partial charge in [-0.15, -0.1) is 24.8 Å². The largest absolute Gasteiger partial charge is 0.334 e. The quantitative estimate of drug-likeness (QED) is 0.578. The molecule has 1 atom stereocenters. The van der Waals surface area contributed by atoms with Crippen LogP contribution in [0.4, 0.5) is 5.69 Å². The summed E-state index contributed by atoms with van der Waals surface area (Å²) in [5.41, 5.74) is 0.629. The van der Waals surface area contributed by atoms with Crippen molar-refractivity contribution >= 4 is 36.4 Å². The second kappa shape index (κ2) is 10.2. The molecule has 148 valence electrons. The normalized spacial score (nSPS) is 15.5. The summed E-state index contributed by atoms with van der Waals surface area (Å²) in [6.07, 6.45) is 6.44. The van der Waals surface area contributed by atoms with Crippen LogP contribution in [-0.4, -0.2) is 51.0 Å². The molecule has 2 heterocycles. The summed E-state index contributed by atoms with van der Waals surface area (Å²) in [5.74, 6) is -0.157. The fourth-order valence-electron chi connectivity index (χ4n) is 3.18. The Labute approximate surface area is 169 Å². The number of amides is 1. The number of nitrogens with one attached hydrogen (secondary N) is 1. The lowest BCUT2D eigenvalue weighted by atomic mass is 10.1. The van der Waals surface area contributed by atoms with Crippen LogP contribution in [0.1, 0.15) is 30.1 Å². The Hall–Kier alpha value is -2.16. The summed E-state index contributed by atoms with van der Waals surface area (Å²) in [7, 11) is 0. The zero-order valence-corrected chi connectivity index (χ0v) is 16.5. The Morgan fingerprint density at radius 1 is 1.44 bits per heavy atom. The fraction of sp³-hybridized carbons (Fsp3) is 0.412. The zero-order chi connectivity index (χ0) is 17.8. The van der Waals surface area contributed by atoms with Gasteiger partial charge in [-0.3, -0.25) is 14.9 Å². The third kappa shape index (κ3) is 4.97. The Bertz CT molecular complexity index is 764. The van der Waals surface area contributed by atoms with Crippen molar-refractivity contribution in [3.63, 3.8) is 0 Å². The van der Waals surface area contributed by atoms with Crippen molar-refractivity contribution in [2.45, 2.75) is 25.8 Å². The minimum absolute atomic E-state index is 0. The molecule has 1 unspecified atom stereocenters. The number of carbonyl (C=O) groups excluding carboxylic acids is 1. The van der Waals surface area contributed by atoms with Gasteiger partial charge in [0.05, 0.1) is 11.3 Å². The van der Waals surface area contributed by atoms with Crippen LogP contribution < -0.4 is 5.32 Å². The Balaban J connectivity index is 0.00000182. The summed E-state index contributed by atoms with van der Waals surface area (Å²) in [5, 5.41) is 14.7. The molecule has 0 saturated carbocycles. The van der Waals surface area contributed by atoms with Crippen LogP contribution >= 0.6 is 24.8 Å². The maximum atomic E-state index is 13.0. The highest BCUT2D eigenvalue weighted by Crippen LogP contribution is 2.25. The van der Waals surface area contributed by atoms with Crippen LogP contribution in [0.15, 0.2) is 36.9 Å². The molecule has 3 rings (SSSR count). The molecule has 1 aromatic heterocycles. The topological polar surface area (TPSA) is 93.3 Å². The molecule has 0 spiro atoms. The van der Waals surface area contributed by atoms with E-state index in [-0.39, 0.29) is 42.5 Å². The van der Waals surface area contributed by atoms with Gasteiger partial charge in [-0.1, -0.05) is 6.92 Å². The molecule has 10 heteroatoms. The summed E-state index contributed by atoms with van der Waals surface area (Å²) >= 11 is 0. The first-order valence-corrected chi connectivity index (χ1v) is 8.40. The minimum Gasteiger partial charge on any atom is -0.334 e. The summed E-state index contributed by atoms with van der Waals surface area (Å²) < 4.78 is 1.57. The lowest BCUT2D eigenvalue weighted by molar-refractivity contribution is -0.384. The van der Waals surface area contributed by atoms with Gasteiger partial charge < -0.3 is 14.8 Å². The lowest BCUT2D eigenvalue weighted by Gasteiger charge is -2.28. The number of nitro groups is 1. The van der Waals surface area contributed by atoms with Gasteiger partial charge in [0.1, 0.15) is 5.69 Å². The van der Waals surface area contributed by atoms with Crippen LogP contribution in [-0.2, 0) is 0 Å². The molecule has 0 bridgehead atoms. The molecule has 0 aliphatic carbocycles. The van der Waals surface area contributed by atoms with Crippen molar-refractivity contribution in [2.75, 3.05) is 19.6 Å². The summed E-state index contributed by atoms with van der Waals surface area (Å²) in [4.78, 5) is 29.7.